The molecule has 22 heavy (non-hydrogen) atoms. The van der Waals surface area contributed by atoms with Crippen molar-refractivity contribution < 1.29 is 0 Å². The molecule has 0 N–H and O–H groups in total. The average Bonchev–Trinajstić information content (AvgIpc) is 2.73. The molecule has 2 heterocycles. The molecule has 0 bridgehead atoms. The highest BCUT2D eigenvalue weighted by Crippen LogP contribution is 2.15. The van der Waals surface area contributed by atoms with Crippen molar-refractivity contribution in [1.29, 1.82) is 0 Å². The van der Waals surface area contributed by atoms with Crippen LogP contribution in [0.1, 0.15) is 11.3 Å². The first kappa shape index (κ1) is 17.2. The van der Waals surface area contributed by atoms with Crippen molar-refractivity contribution in [3.63, 3.8) is 0 Å². The molecular weight excluding hydrogens is 318 g/mol. The van der Waals surface area contributed by atoms with Gasteiger partial charge in [-0.05, 0) is 19.1 Å². The molecule has 0 radical (unpaired) electrons. The third-order valence-corrected chi connectivity index (χ3v) is 5.10. The van der Waals surface area contributed by atoms with E-state index in [9.17, 15) is 4.79 Å². The number of halogens is 1. The van der Waals surface area contributed by atoms with Crippen molar-refractivity contribution >= 4 is 24.2 Å². The van der Waals surface area contributed by atoms with Crippen LogP contribution in [0.5, 0.6) is 0 Å². The summed E-state index contributed by atoms with van der Waals surface area (Å²) in [5.41, 5.74) is 3.02. The lowest BCUT2D eigenvalue weighted by Gasteiger charge is -2.25. The van der Waals surface area contributed by atoms with E-state index in [4.69, 9.17) is 0 Å². The number of hydrogen-bond donors (Lipinski definition) is 0. The molecule has 1 aliphatic heterocycles. The fraction of sp³-hybridized carbons (Fsp3) is 0.438. The summed E-state index contributed by atoms with van der Waals surface area (Å²) in [6.45, 7) is 4.95. The van der Waals surface area contributed by atoms with Crippen LogP contribution >= 0.6 is 24.2 Å². The number of rotatable bonds is 3. The topological polar surface area (TPSA) is 30.2 Å². The lowest BCUT2D eigenvalue weighted by molar-refractivity contribution is 0.293. The molecular formula is C16H22ClN3OS. The molecule has 0 aliphatic carbocycles. The van der Waals surface area contributed by atoms with Gasteiger partial charge in [0.1, 0.15) is 0 Å². The van der Waals surface area contributed by atoms with Crippen LogP contribution in [0.3, 0.4) is 0 Å². The van der Waals surface area contributed by atoms with Crippen molar-refractivity contribution in [2.24, 2.45) is 7.05 Å². The van der Waals surface area contributed by atoms with E-state index in [0.717, 1.165) is 36.6 Å². The van der Waals surface area contributed by atoms with Gasteiger partial charge in [0.25, 0.3) is 5.56 Å². The van der Waals surface area contributed by atoms with Gasteiger partial charge in [-0.3, -0.25) is 14.4 Å². The number of benzene rings is 1. The smallest absolute Gasteiger partial charge is 0.276 e. The predicted molar refractivity (Wildman–Crippen MR) is 95.6 cm³/mol. The van der Waals surface area contributed by atoms with Crippen molar-refractivity contribution in [1.82, 2.24) is 14.3 Å². The number of hydrogen-bond acceptors (Lipinski definition) is 3. The lowest BCUT2D eigenvalue weighted by Crippen LogP contribution is -2.34. The van der Waals surface area contributed by atoms with Crippen LogP contribution in [0.2, 0.25) is 0 Å². The number of aromatic nitrogens is 2. The summed E-state index contributed by atoms with van der Waals surface area (Å²) in [5, 5.41) is 0. The maximum absolute atomic E-state index is 12.8. The Hall–Kier alpha value is -1.17. The van der Waals surface area contributed by atoms with Gasteiger partial charge < -0.3 is 0 Å². The molecule has 0 atom stereocenters. The average molecular weight is 340 g/mol. The van der Waals surface area contributed by atoms with Crippen LogP contribution in [-0.4, -0.2) is 38.9 Å². The largest absolute Gasteiger partial charge is 0.297 e. The summed E-state index contributed by atoms with van der Waals surface area (Å²) in [5.74, 6) is 2.33. The van der Waals surface area contributed by atoms with Crippen molar-refractivity contribution in [2.75, 3.05) is 24.6 Å². The Labute approximate surface area is 141 Å². The Morgan fingerprint density at radius 1 is 1.14 bits per heavy atom. The van der Waals surface area contributed by atoms with E-state index in [1.165, 1.54) is 11.5 Å². The minimum atomic E-state index is 0. The SMILES string of the molecule is Cc1c(CN2CCSCC2)c(=O)n(-c2ccccc2)n1C.Cl. The van der Waals surface area contributed by atoms with Gasteiger partial charge >= 0.3 is 0 Å². The predicted octanol–water partition coefficient (Wildman–Crippen LogP) is 2.46. The number of nitrogens with zero attached hydrogens (tertiary/aromatic N) is 3. The molecule has 1 aromatic carbocycles. The quantitative estimate of drug-likeness (QED) is 0.860. The monoisotopic (exact) mass is 339 g/mol. The Bertz CT molecular complexity index is 675. The molecule has 2 aromatic rings. The standard InChI is InChI=1S/C16H21N3OS.ClH/c1-13-15(12-18-8-10-21-11-9-18)16(20)19(17(13)2)14-6-4-3-5-7-14;/h3-7H,8-12H2,1-2H3;1H. The van der Waals surface area contributed by atoms with Gasteiger partial charge in [-0.25, -0.2) is 4.68 Å². The van der Waals surface area contributed by atoms with E-state index in [-0.39, 0.29) is 18.0 Å². The minimum absolute atomic E-state index is 0. The van der Waals surface area contributed by atoms with Crippen molar-refractivity contribution in [2.45, 2.75) is 13.5 Å². The molecule has 1 aliphatic rings. The third-order valence-electron chi connectivity index (χ3n) is 4.16. The zero-order valence-corrected chi connectivity index (χ0v) is 14.6. The second-order valence-corrected chi connectivity index (χ2v) is 6.65. The third kappa shape index (κ3) is 3.26. The second-order valence-electron chi connectivity index (χ2n) is 5.43. The first-order valence-corrected chi connectivity index (χ1v) is 8.47. The van der Waals surface area contributed by atoms with Crippen LogP contribution in [0.25, 0.3) is 5.69 Å². The minimum Gasteiger partial charge on any atom is -0.297 e. The van der Waals surface area contributed by atoms with E-state index in [1.807, 2.05) is 60.7 Å². The van der Waals surface area contributed by atoms with E-state index in [2.05, 4.69) is 4.90 Å². The summed E-state index contributed by atoms with van der Waals surface area (Å²) in [6, 6.07) is 9.85. The normalized spacial score (nSPS) is 15.5. The van der Waals surface area contributed by atoms with Crippen molar-refractivity contribution in [3.8, 4) is 5.69 Å². The summed E-state index contributed by atoms with van der Waals surface area (Å²) < 4.78 is 3.73. The summed E-state index contributed by atoms with van der Waals surface area (Å²) >= 11 is 1.99. The van der Waals surface area contributed by atoms with E-state index in [1.54, 1.807) is 4.68 Å². The van der Waals surface area contributed by atoms with E-state index in [0.29, 0.717) is 0 Å². The van der Waals surface area contributed by atoms with Gasteiger partial charge in [-0.1, -0.05) is 18.2 Å². The summed E-state index contributed by atoms with van der Waals surface area (Å²) in [7, 11) is 1.96. The Balaban J connectivity index is 0.00000176. The van der Waals surface area contributed by atoms with Gasteiger partial charge in [0.2, 0.25) is 0 Å². The fourth-order valence-electron chi connectivity index (χ4n) is 2.79. The highest BCUT2D eigenvalue weighted by molar-refractivity contribution is 7.99. The molecule has 4 nitrogen and oxygen atoms in total. The van der Waals surface area contributed by atoms with Crippen LogP contribution in [0, 0.1) is 6.92 Å². The van der Waals surface area contributed by atoms with Gasteiger partial charge in [-0.15, -0.1) is 12.4 Å². The van der Waals surface area contributed by atoms with E-state index < -0.39 is 0 Å². The molecule has 6 heteroatoms. The zero-order chi connectivity index (χ0) is 14.8. The lowest BCUT2D eigenvalue weighted by atomic mass is 10.2. The van der Waals surface area contributed by atoms with Gasteiger partial charge in [0.05, 0.1) is 11.3 Å². The van der Waals surface area contributed by atoms with Gasteiger partial charge in [-0.2, -0.15) is 11.8 Å². The Kier molecular flexibility index (Phi) is 5.78. The van der Waals surface area contributed by atoms with Crippen LogP contribution in [0.15, 0.2) is 35.1 Å². The van der Waals surface area contributed by atoms with Gasteiger partial charge in [0.15, 0.2) is 0 Å². The van der Waals surface area contributed by atoms with Crippen LogP contribution in [-0.2, 0) is 13.6 Å². The molecule has 0 spiro atoms. The maximum atomic E-state index is 12.8. The second kappa shape index (κ2) is 7.40. The van der Waals surface area contributed by atoms with Crippen molar-refractivity contribution in [3.05, 3.63) is 51.9 Å². The molecule has 0 saturated carbocycles. The highest BCUT2D eigenvalue weighted by atomic mass is 35.5. The van der Waals surface area contributed by atoms with Crippen LogP contribution < -0.4 is 5.56 Å². The van der Waals surface area contributed by atoms with Crippen LogP contribution in [0.4, 0.5) is 0 Å². The molecule has 120 valence electrons. The molecule has 1 saturated heterocycles. The highest BCUT2D eigenvalue weighted by Gasteiger charge is 2.19. The summed E-state index contributed by atoms with van der Waals surface area (Å²) in [6.07, 6.45) is 0. The molecule has 3 rings (SSSR count). The molecule has 0 unspecified atom stereocenters. The van der Waals surface area contributed by atoms with E-state index >= 15 is 0 Å². The Morgan fingerprint density at radius 2 is 1.77 bits per heavy atom. The Morgan fingerprint density at radius 3 is 2.41 bits per heavy atom. The maximum Gasteiger partial charge on any atom is 0.276 e. The molecule has 1 fully saturated rings. The van der Waals surface area contributed by atoms with Gasteiger partial charge in [0, 0.05) is 43.9 Å². The first-order valence-electron chi connectivity index (χ1n) is 7.31. The molecule has 0 amide bonds. The fourth-order valence-corrected chi connectivity index (χ4v) is 3.77. The summed E-state index contributed by atoms with van der Waals surface area (Å²) in [4.78, 5) is 15.2. The number of para-hydroxylation sites is 1. The molecule has 1 aromatic heterocycles. The first-order chi connectivity index (χ1) is 10.2. The zero-order valence-electron chi connectivity index (χ0n) is 13.0. The number of thioether (sulfide) groups is 1.